The van der Waals surface area contributed by atoms with Crippen molar-refractivity contribution >= 4 is 26.8 Å². The molecule has 1 saturated heterocycles. The Morgan fingerprint density at radius 1 is 1.06 bits per heavy atom. The van der Waals surface area contributed by atoms with Gasteiger partial charge in [0.05, 0.1) is 10.4 Å². The predicted octanol–water partition coefficient (Wildman–Crippen LogP) is 4.03. The van der Waals surface area contributed by atoms with Crippen molar-refractivity contribution in [2.45, 2.75) is 50.5 Å². The Morgan fingerprint density at radius 2 is 1.75 bits per heavy atom. The fourth-order valence-electron chi connectivity index (χ4n) is 4.59. The summed E-state index contributed by atoms with van der Waals surface area (Å²) in [5.74, 6) is -0.479. The summed E-state index contributed by atoms with van der Waals surface area (Å²) >= 11 is 0. The minimum Gasteiger partial charge on any atom is -0.352 e. The number of pyridine rings is 1. The molecule has 1 amide bonds. The maximum atomic E-state index is 13.4. The second kappa shape index (κ2) is 11.2. The van der Waals surface area contributed by atoms with Gasteiger partial charge in [0.25, 0.3) is 5.91 Å². The number of nitrogens with zero attached hydrogens (tertiary/aromatic N) is 2. The van der Waals surface area contributed by atoms with Gasteiger partial charge in [0.2, 0.25) is 15.5 Å². The van der Waals surface area contributed by atoms with E-state index in [-0.39, 0.29) is 15.8 Å². The van der Waals surface area contributed by atoms with Gasteiger partial charge in [0.15, 0.2) is 0 Å². The number of hydrogen-bond donors (Lipinski definition) is 1. The molecule has 8 heteroatoms. The van der Waals surface area contributed by atoms with Crippen LogP contribution in [0.2, 0.25) is 0 Å². The van der Waals surface area contributed by atoms with E-state index in [4.69, 9.17) is 0 Å². The number of rotatable bonds is 8. The van der Waals surface area contributed by atoms with E-state index in [1.807, 2.05) is 31.2 Å². The highest BCUT2D eigenvalue weighted by Gasteiger charge is 2.26. The smallest absolute Gasteiger partial charge is 0.256 e. The van der Waals surface area contributed by atoms with Crippen molar-refractivity contribution in [2.24, 2.45) is 0 Å². The number of benzene rings is 2. The Labute approximate surface area is 212 Å². The number of carbonyl (C=O) groups is 1. The molecule has 190 valence electrons. The van der Waals surface area contributed by atoms with Crippen LogP contribution in [-0.2, 0) is 23.0 Å². The summed E-state index contributed by atoms with van der Waals surface area (Å²) in [4.78, 5) is 26.5. The molecule has 36 heavy (non-hydrogen) atoms. The predicted molar refractivity (Wildman–Crippen MR) is 143 cm³/mol. The molecule has 2 aromatic carbocycles. The zero-order valence-electron chi connectivity index (χ0n) is 20.7. The summed E-state index contributed by atoms with van der Waals surface area (Å²) in [6.07, 6.45) is 7.51. The Bertz CT molecular complexity index is 1420. The van der Waals surface area contributed by atoms with Gasteiger partial charge in [-0.1, -0.05) is 48.7 Å². The third-order valence-electron chi connectivity index (χ3n) is 6.64. The fraction of sp³-hybridized carbons (Fsp3) is 0.357. The molecule has 1 aliphatic rings. The summed E-state index contributed by atoms with van der Waals surface area (Å²) in [5, 5.41) is 3.04. The molecule has 1 fully saturated rings. The van der Waals surface area contributed by atoms with Crippen LogP contribution in [0, 0.1) is 6.92 Å². The summed E-state index contributed by atoms with van der Waals surface area (Å²) in [5.41, 5.74) is 2.32. The maximum Gasteiger partial charge on any atom is 0.256 e. The van der Waals surface area contributed by atoms with Crippen LogP contribution in [0.15, 0.2) is 71.0 Å². The molecule has 0 bridgehead atoms. The molecule has 3 aromatic rings. The van der Waals surface area contributed by atoms with Gasteiger partial charge in [-0.2, -0.15) is 4.31 Å². The first-order chi connectivity index (χ1) is 17.3. The number of fused-ring (bicyclic) bond motifs is 1. The van der Waals surface area contributed by atoms with Crippen molar-refractivity contribution in [2.75, 3.05) is 19.6 Å². The Hall–Kier alpha value is -3.23. The molecule has 0 unspecified atom stereocenters. The zero-order chi connectivity index (χ0) is 25.7. The first-order valence-electron chi connectivity index (χ1n) is 12.4. The minimum absolute atomic E-state index is 0.0161. The highest BCUT2D eigenvalue weighted by Crippen LogP contribution is 2.23. The molecule has 2 heterocycles. The summed E-state index contributed by atoms with van der Waals surface area (Å²) in [6, 6.07) is 12.7. The van der Waals surface area contributed by atoms with Crippen molar-refractivity contribution in [3.05, 3.63) is 88.2 Å². The number of hydrogen-bond acceptors (Lipinski definition) is 4. The molecule has 7 nitrogen and oxygen atoms in total. The van der Waals surface area contributed by atoms with Gasteiger partial charge in [-0.25, -0.2) is 8.42 Å². The van der Waals surface area contributed by atoms with E-state index in [2.05, 4.69) is 11.9 Å². The highest BCUT2D eigenvalue weighted by molar-refractivity contribution is 7.89. The van der Waals surface area contributed by atoms with Crippen LogP contribution in [0.1, 0.15) is 47.2 Å². The van der Waals surface area contributed by atoms with E-state index in [0.717, 1.165) is 31.2 Å². The van der Waals surface area contributed by atoms with Gasteiger partial charge in [-0.15, -0.1) is 6.58 Å². The van der Waals surface area contributed by atoms with Gasteiger partial charge in [0, 0.05) is 37.8 Å². The molecule has 0 atom stereocenters. The van der Waals surface area contributed by atoms with E-state index in [1.54, 1.807) is 22.8 Å². The van der Waals surface area contributed by atoms with Crippen molar-refractivity contribution in [3.8, 4) is 0 Å². The lowest BCUT2D eigenvalue weighted by molar-refractivity contribution is 0.0952. The average molecular weight is 508 g/mol. The molecule has 1 aliphatic heterocycles. The average Bonchev–Trinajstić information content (AvgIpc) is 3.17. The van der Waals surface area contributed by atoms with Gasteiger partial charge in [-0.05, 0) is 49.9 Å². The summed E-state index contributed by atoms with van der Waals surface area (Å²) < 4.78 is 29.9. The quantitative estimate of drug-likeness (QED) is 0.466. The lowest BCUT2D eigenvalue weighted by Crippen LogP contribution is -2.32. The van der Waals surface area contributed by atoms with E-state index in [9.17, 15) is 18.0 Å². The minimum atomic E-state index is -3.74. The van der Waals surface area contributed by atoms with Gasteiger partial charge in [0.1, 0.15) is 5.56 Å². The van der Waals surface area contributed by atoms with Crippen LogP contribution in [0.3, 0.4) is 0 Å². The molecule has 4 rings (SSSR count). The fourth-order valence-corrected chi connectivity index (χ4v) is 6.13. The van der Waals surface area contributed by atoms with E-state index >= 15 is 0 Å². The highest BCUT2D eigenvalue weighted by atomic mass is 32.2. The number of aryl methyl sites for hydroxylation is 1. The Morgan fingerprint density at radius 3 is 2.42 bits per heavy atom. The molecular weight excluding hydrogens is 474 g/mol. The summed E-state index contributed by atoms with van der Waals surface area (Å²) in [6.45, 7) is 7.50. The second-order valence-corrected chi connectivity index (χ2v) is 11.2. The van der Waals surface area contributed by atoms with Crippen molar-refractivity contribution in [3.63, 3.8) is 0 Å². The molecule has 1 N–H and O–H groups in total. The number of nitrogens with one attached hydrogen (secondary N) is 1. The van der Waals surface area contributed by atoms with Crippen LogP contribution in [-0.4, -0.2) is 42.8 Å². The van der Waals surface area contributed by atoms with E-state index in [0.29, 0.717) is 38.1 Å². The molecular formula is C28H33N3O4S. The molecule has 0 spiro atoms. The zero-order valence-corrected chi connectivity index (χ0v) is 21.5. The van der Waals surface area contributed by atoms with E-state index in [1.165, 1.54) is 22.1 Å². The molecule has 0 saturated carbocycles. The first kappa shape index (κ1) is 25.9. The van der Waals surface area contributed by atoms with E-state index < -0.39 is 21.4 Å². The van der Waals surface area contributed by atoms with Crippen LogP contribution in [0.5, 0.6) is 0 Å². The summed E-state index contributed by atoms with van der Waals surface area (Å²) in [7, 11) is -3.74. The number of sulfonamides is 1. The van der Waals surface area contributed by atoms with Crippen molar-refractivity contribution in [1.29, 1.82) is 0 Å². The molecule has 0 radical (unpaired) electrons. The number of allylic oxidation sites excluding steroid dienone is 1. The van der Waals surface area contributed by atoms with Crippen LogP contribution >= 0.6 is 0 Å². The largest absolute Gasteiger partial charge is 0.352 e. The first-order valence-corrected chi connectivity index (χ1v) is 13.9. The lowest BCUT2D eigenvalue weighted by Gasteiger charge is -2.20. The van der Waals surface area contributed by atoms with Gasteiger partial charge in [-0.3, -0.25) is 9.59 Å². The Kier molecular flexibility index (Phi) is 8.06. The Balaban J connectivity index is 1.65. The van der Waals surface area contributed by atoms with Gasteiger partial charge < -0.3 is 9.88 Å². The third-order valence-corrected chi connectivity index (χ3v) is 8.54. The topological polar surface area (TPSA) is 88.5 Å². The number of amides is 1. The van der Waals surface area contributed by atoms with Crippen LogP contribution < -0.4 is 10.7 Å². The standard InChI is InChI=1S/C28H33N3O4S/c1-3-16-30-20-25(28(33)29-15-14-22-10-8-21(2)9-11-22)27(32)24-19-23(12-13-26(24)30)36(34,35)31-17-6-4-5-7-18-31/h3,8-13,19-20H,1,4-7,14-18H2,2H3,(H,29,33). The van der Waals surface area contributed by atoms with Gasteiger partial charge >= 0.3 is 0 Å². The van der Waals surface area contributed by atoms with Crippen LogP contribution in [0.25, 0.3) is 10.9 Å². The SMILES string of the molecule is C=CCn1cc(C(=O)NCCc2ccc(C)cc2)c(=O)c2cc(S(=O)(=O)N3CCCCCC3)ccc21. The second-order valence-electron chi connectivity index (χ2n) is 9.30. The number of carbonyl (C=O) groups excluding carboxylic acids is 1. The van der Waals surface area contributed by atoms with Crippen molar-refractivity contribution in [1.82, 2.24) is 14.2 Å². The van der Waals surface area contributed by atoms with Crippen molar-refractivity contribution < 1.29 is 13.2 Å². The van der Waals surface area contributed by atoms with Crippen LogP contribution in [0.4, 0.5) is 0 Å². The molecule has 0 aliphatic carbocycles. The lowest BCUT2D eigenvalue weighted by atomic mass is 10.1. The molecule has 1 aromatic heterocycles. The third kappa shape index (κ3) is 5.60. The normalized spacial score (nSPS) is 14.9. The number of aromatic nitrogens is 1. The monoisotopic (exact) mass is 507 g/mol. The maximum absolute atomic E-state index is 13.4.